The molecule has 8 heteroatoms. The zero-order valence-electron chi connectivity index (χ0n) is 15.1. The van der Waals surface area contributed by atoms with E-state index < -0.39 is 0 Å². The lowest BCUT2D eigenvalue weighted by atomic mass is 10.2. The molecule has 2 aromatic rings. The maximum absolute atomic E-state index is 11.9. The van der Waals surface area contributed by atoms with Crippen LogP contribution in [0.5, 0.6) is 0 Å². The summed E-state index contributed by atoms with van der Waals surface area (Å²) in [4.78, 5) is 21.7. The molecule has 0 aliphatic carbocycles. The molecule has 1 amide bonds. The molecule has 0 atom stereocenters. The number of hydrogen-bond acceptors (Lipinski definition) is 4. The van der Waals surface area contributed by atoms with Crippen molar-refractivity contribution in [2.24, 2.45) is 4.99 Å². The molecule has 0 aliphatic heterocycles. The van der Waals surface area contributed by atoms with E-state index in [0.29, 0.717) is 12.1 Å². The van der Waals surface area contributed by atoms with Gasteiger partial charge in [0.25, 0.3) is 5.91 Å². The Kier molecular flexibility index (Phi) is 10.9. The highest BCUT2D eigenvalue weighted by Gasteiger charge is 2.03. The second kappa shape index (κ2) is 12.6. The van der Waals surface area contributed by atoms with Crippen LogP contribution in [0.2, 0.25) is 0 Å². The van der Waals surface area contributed by atoms with E-state index in [1.165, 1.54) is 4.88 Å². The molecule has 0 bridgehead atoms. The summed E-state index contributed by atoms with van der Waals surface area (Å²) in [6.45, 7) is 4.21. The van der Waals surface area contributed by atoms with E-state index >= 15 is 0 Å². The monoisotopic (exact) mass is 487 g/mol. The summed E-state index contributed by atoms with van der Waals surface area (Å²) in [6, 6.07) is 9.24. The molecule has 26 heavy (non-hydrogen) atoms. The first-order valence-corrected chi connectivity index (χ1v) is 9.20. The van der Waals surface area contributed by atoms with Crippen LogP contribution in [0, 0.1) is 6.92 Å². The van der Waals surface area contributed by atoms with Crippen molar-refractivity contribution in [1.29, 1.82) is 0 Å². The molecule has 1 aromatic carbocycles. The molecule has 0 saturated carbocycles. The van der Waals surface area contributed by atoms with Crippen molar-refractivity contribution < 1.29 is 4.79 Å². The molecule has 2 rings (SSSR count). The second-order valence-electron chi connectivity index (χ2n) is 5.52. The summed E-state index contributed by atoms with van der Waals surface area (Å²) in [5.74, 6) is 0.726. The summed E-state index contributed by atoms with van der Waals surface area (Å²) in [6.07, 6.45) is 3.61. The predicted octanol–water partition coefficient (Wildman–Crippen LogP) is 2.60. The smallest absolute Gasteiger partial charge is 0.251 e. The van der Waals surface area contributed by atoms with E-state index in [2.05, 4.69) is 32.9 Å². The third-order valence-corrected chi connectivity index (χ3v) is 4.46. The molecular weight excluding hydrogens is 461 g/mol. The fourth-order valence-electron chi connectivity index (χ4n) is 2.21. The summed E-state index contributed by atoms with van der Waals surface area (Å²) >= 11 is 1.72. The van der Waals surface area contributed by atoms with Gasteiger partial charge >= 0.3 is 0 Å². The molecule has 0 fully saturated rings. The molecule has 1 aromatic heterocycles. The molecule has 6 nitrogen and oxygen atoms in total. The van der Waals surface area contributed by atoms with Gasteiger partial charge in [0.05, 0.1) is 5.01 Å². The molecule has 0 unspecified atom stereocenters. The Labute approximate surface area is 175 Å². The third-order valence-electron chi connectivity index (χ3n) is 3.49. The number of hydrogen-bond donors (Lipinski definition) is 3. The van der Waals surface area contributed by atoms with Gasteiger partial charge in [0.15, 0.2) is 5.96 Å². The number of thiazole rings is 1. The number of nitrogens with one attached hydrogen (secondary N) is 3. The molecule has 142 valence electrons. The topological polar surface area (TPSA) is 78.4 Å². The Morgan fingerprint density at radius 2 is 1.81 bits per heavy atom. The van der Waals surface area contributed by atoms with Crippen LogP contribution in [0.1, 0.15) is 26.7 Å². The van der Waals surface area contributed by atoms with E-state index in [-0.39, 0.29) is 29.9 Å². The maximum Gasteiger partial charge on any atom is 0.251 e. The average Bonchev–Trinajstić information content (AvgIpc) is 3.05. The summed E-state index contributed by atoms with van der Waals surface area (Å²) in [5, 5.41) is 10.6. The molecule has 0 aliphatic rings. The summed E-state index contributed by atoms with van der Waals surface area (Å²) in [5.41, 5.74) is 0.686. The molecule has 1 heterocycles. The highest BCUT2D eigenvalue weighted by atomic mass is 127. The third kappa shape index (κ3) is 8.13. The Morgan fingerprint density at radius 1 is 1.12 bits per heavy atom. The number of aliphatic imine (C=N–C) groups is 1. The van der Waals surface area contributed by atoms with Crippen molar-refractivity contribution in [3.05, 3.63) is 52.0 Å². The number of carbonyl (C=O) groups excluding carboxylic acids is 1. The van der Waals surface area contributed by atoms with Crippen LogP contribution in [0.15, 0.2) is 41.5 Å². The molecule has 0 radical (unpaired) electrons. The number of guanidine groups is 1. The molecule has 3 N–H and O–H groups in total. The van der Waals surface area contributed by atoms with Crippen molar-refractivity contribution in [1.82, 2.24) is 20.9 Å². The Morgan fingerprint density at radius 3 is 2.46 bits per heavy atom. The van der Waals surface area contributed by atoms with Crippen molar-refractivity contribution in [3.8, 4) is 0 Å². The Hall–Kier alpha value is -1.68. The lowest BCUT2D eigenvalue weighted by Gasteiger charge is -2.11. The van der Waals surface area contributed by atoms with Crippen LogP contribution in [-0.4, -0.2) is 43.5 Å². The first-order chi connectivity index (χ1) is 12.2. The Balaban J connectivity index is 0.00000338. The minimum absolute atomic E-state index is 0. The van der Waals surface area contributed by atoms with Gasteiger partial charge in [-0.25, -0.2) is 4.98 Å². The van der Waals surface area contributed by atoms with Crippen LogP contribution in [-0.2, 0) is 6.42 Å². The standard InChI is InChI=1S/C18H25N5OS.HI/c1-14-13-23-16(25-14)9-12-22-18(19-2)21-11-6-10-20-17(24)15-7-4-3-5-8-15;/h3-5,7-8,13H,6,9-12H2,1-2H3,(H,20,24)(H2,19,21,22);1H. The largest absolute Gasteiger partial charge is 0.356 e. The van der Waals surface area contributed by atoms with Crippen molar-refractivity contribution in [3.63, 3.8) is 0 Å². The van der Waals surface area contributed by atoms with Crippen LogP contribution >= 0.6 is 35.3 Å². The zero-order valence-corrected chi connectivity index (χ0v) is 18.3. The van der Waals surface area contributed by atoms with E-state index in [1.54, 1.807) is 18.4 Å². The maximum atomic E-state index is 11.9. The second-order valence-corrected chi connectivity index (χ2v) is 6.84. The average molecular weight is 487 g/mol. The van der Waals surface area contributed by atoms with Gasteiger partial charge in [-0.15, -0.1) is 35.3 Å². The predicted molar refractivity (Wildman–Crippen MR) is 119 cm³/mol. The molecule has 0 saturated heterocycles. The van der Waals surface area contributed by atoms with Crippen LogP contribution < -0.4 is 16.0 Å². The van der Waals surface area contributed by atoms with Gasteiger partial charge in [0, 0.05) is 49.7 Å². The SMILES string of the molecule is CN=C(NCCCNC(=O)c1ccccc1)NCCc1ncc(C)s1.I. The number of amides is 1. The van der Waals surface area contributed by atoms with Gasteiger partial charge in [-0.05, 0) is 25.5 Å². The van der Waals surface area contributed by atoms with Crippen LogP contribution in [0.3, 0.4) is 0 Å². The van der Waals surface area contributed by atoms with E-state index in [1.807, 2.05) is 36.5 Å². The van der Waals surface area contributed by atoms with Crippen molar-refractivity contribution in [2.45, 2.75) is 19.8 Å². The summed E-state index contributed by atoms with van der Waals surface area (Å²) < 4.78 is 0. The van der Waals surface area contributed by atoms with E-state index in [0.717, 1.165) is 36.9 Å². The van der Waals surface area contributed by atoms with Gasteiger partial charge in [0.1, 0.15) is 0 Å². The molecular formula is C18H26IN5OS. The first kappa shape index (κ1) is 22.4. The number of aromatic nitrogens is 1. The normalized spacial score (nSPS) is 10.8. The number of carbonyl (C=O) groups is 1. The lowest BCUT2D eigenvalue weighted by molar-refractivity contribution is 0.0953. The van der Waals surface area contributed by atoms with Gasteiger partial charge in [-0.1, -0.05) is 18.2 Å². The summed E-state index contributed by atoms with van der Waals surface area (Å²) in [7, 11) is 1.75. The quantitative estimate of drug-likeness (QED) is 0.232. The number of halogens is 1. The molecule has 0 spiro atoms. The van der Waals surface area contributed by atoms with Crippen LogP contribution in [0.25, 0.3) is 0 Å². The minimum atomic E-state index is -0.0400. The number of rotatable bonds is 8. The van der Waals surface area contributed by atoms with E-state index in [9.17, 15) is 4.79 Å². The zero-order chi connectivity index (χ0) is 17.9. The van der Waals surface area contributed by atoms with Gasteiger partial charge < -0.3 is 16.0 Å². The van der Waals surface area contributed by atoms with Crippen LogP contribution in [0.4, 0.5) is 0 Å². The Bertz CT molecular complexity index is 690. The fraction of sp³-hybridized carbons (Fsp3) is 0.389. The minimum Gasteiger partial charge on any atom is -0.356 e. The van der Waals surface area contributed by atoms with Crippen molar-refractivity contribution >= 4 is 47.2 Å². The van der Waals surface area contributed by atoms with Gasteiger partial charge in [-0.3, -0.25) is 9.79 Å². The first-order valence-electron chi connectivity index (χ1n) is 8.38. The van der Waals surface area contributed by atoms with Crippen molar-refractivity contribution in [2.75, 3.05) is 26.7 Å². The fourth-order valence-corrected chi connectivity index (χ4v) is 3.00. The number of nitrogens with zero attached hydrogens (tertiary/aromatic N) is 2. The van der Waals surface area contributed by atoms with Gasteiger partial charge in [-0.2, -0.15) is 0 Å². The highest BCUT2D eigenvalue weighted by molar-refractivity contribution is 14.0. The number of aryl methyl sites for hydroxylation is 1. The van der Waals surface area contributed by atoms with Gasteiger partial charge in [0.2, 0.25) is 0 Å². The number of benzene rings is 1. The van der Waals surface area contributed by atoms with E-state index in [4.69, 9.17) is 0 Å². The highest BCUT2D eigenvalue weighted by Crippen LogP contribution is 2.10. The lowest BCUT2D eigenvalue weighted by Crippen LogP contribution is -2.39.